The Kier molecular flexibility index (Phi) is 7.00. The van der Waals surface area contributed by atoms with Crippen molar-refractivity contribution >= 4 is 18.3 Å². The third kappa shape index (κ3) is 4.83. The maximum atomic E-state index is 12.5. The predicted octanol–water partition coefficient (Wildman–Crippen LogP) is 2.09. The van der Waals surface area contributed by atoms with Crippen LogP contribution in [-0.4, -0.2) is 50.3 Å². The highest BCUT2D eigenvalue weighted by Crippen LogP contribution is 2.20. The molecule has 0 saturated carbocycles. The van der Waals surface area contributed by atoms with Crippen molar-refractivity contribution < 1.29 is 4.79 Å². The number of carbonyl (C=O) groups excluding carboxylic acids is 1. The largest absolute Gasteiger partial charge is 0.350 e. The van der Waals surface area contributed by atoms with Crippen LogP contribution in [0.25, 0.3) is 5.69 Å². The van der Waals surface area contributed by atoms with Crippen LogP contribution in [0.5, 0.6) is 0 Å². The molecule has 0 atom stereocenters. The number of piperidine rings is 1. The maximum absolute atomic E-state index is 12.5. The third-order valence-electron chi connectivity index (χ3n) is 5.15. The Balaban J connectivity index is 0.00000240. The number of para-hydroxylation sites is 1. The molecular weight excluding hydrogens is 390 g/mol. The van der Waals surface area contributed by atoms with Gasteiger partial charge >= 0.3 is 0 Å². The molecule has 4 rings (SSSR count). The first kappa shape index (κ1) is 21.0. The van der Waals surface area contributed by atoms with Crippen molar-refractivity contribution in [3.8, 4) is 5.69 Å². The van der Waals surface area contributed by atoms with Crippen molar-refractivity contribution in [2.75, 3.05) is 19.6 Å². The quantitative estimate of drug-likeness (QED) is 0.643. The molecule has 3 aromatic rings. The Hall–Kier alpha value is -2.71. The van der Waals surface area contributed by atoms with Gasteiger partial charge in [0.1, 0.15) is 0 Å². The van der Waals surface area contributed by atoms with Crippen molar-refractivity contribution in [2.45, 2.75) is 32.2 Å². The van der Waals surface area contributed by atoms with Gasteiger partial charge in [0.25, 0.3) is 5.91 Å². The zero-order chi connectivity index (χ0) is 19.3. The Bertz CT molecular complexity index is 931. The van der Waals surface area contributed by atoms with Crippen molar-refractivity contribution in [2.24, 2.45) is 0 Å². The summed E-state index contributed by atoms with van der Waals surface area (Å²) >= 11 is 0. The number of carbonyl (C=O) groups is 1. The minimum absolute atomic E-state index is 0. The number of nitrogens with zero attached hydrogens (tertiary/aromatic N) is 5. The highest BCUT2D eigenvalue weighted by atomic mass is 35.5. The topological polar surface area (TPSA) is 89.7 Å². The monoisotopic (exact) mass is 415 g/mol. The summed E-state index contributed by atoms with van der Waals surface area (Å²) in [5.74, 6) is -0.173. The van der Waals surface area contributed by atoms with Gasteiger partial charge in [-0.2, -0.15) is 5.10 Å². The molecule has 2 aromatic heterocycles. The van der Waals surface area contributed by atoms with Crippen LogP contribution in [0, 0.1) is 6.92 Å². The molecule has 3 heterocycles. The van der Waals surface area contributed by atoms with Gasteiger partial charge < -0.3 is 10.6 Å². The van der Waals surface area contributed by atoms with Crippen LogP contribution in [0.1, 0.15) is 40.6 Å². The molecule has 2 N–H and O–H groups in total. The van der Waals surface area contributed by atoms with E-state index in [1.54, 1.807) is 0 Å². The molecule has 1 amide bonds. The molecule has 1 fully saturated rings. The van der Waals surface area contributed by atoms with Crippen molar-refractivity contribution in [1.82, 2.24) is 35.4 Å². The number of amides is 1. The Labute approximate surface area is 176 Å². The standard InChI is InChI=1S/C20H25N7O.ClH/c1-15-19(24-25-27(15)18-8-10-21-11-9-18)20(28)22-12-7-16-13-23-26(14-16)17-5-3-2-4-6-17;/h2-6,13-14,18,21H,7-12H2,1H3,(H,22,28);1H. The van der Waals surface area contributed by atoms with Gasteiger partial charge in [-0.1, -0.05) is 23.4 Å². The van der Waals surface area contributed by atoms with Crippen molar-refractivity contribution in [3.05, 3.63) is 59.7 Å². The third-order valence-corrected chi connectivity index (χ3v) is 5.15. The van der Waals surface area contributed by atoms with Crippen LogP contribution in [0.3, 0.4) is 0 Å². The van der Waals surface area contributed by atoms with E-state index in [1.807, 2.05) is 59.0 Å². The minimum atomic E-state index is -0.173. The van der Waals surface area contributed by atoms with Crippen LogP contribution in [0.2, 0.25) is 0 Å². The number of aromatic nitrogens is 5. The summed E-state index contributed by atoms with van der Waals surface area (Å²) < 4.78 is 3.74. The lowest BCUT2D eigenvalue weighted by atomic mass is 10.1. The Morgan fingerprint density at radius 1 is 1.24 bits per heavy atom. The molecule has 0 bridgehead atoms. The molecule has 8 nitrogen and oxygen atoms in total. The van der Waals surface area contributed by atoms with E-state index in [4.69, 9.17) is 0 Å². The van der Waals surface area contributed by atoms with E-state index < -0.39 is 0 Å². The average Bonchev–Trinajstić information content (AvgIpc) is 3.36. The summed E-state index contributed by atoms with van der Waals surface area (Å²) in [6.07, 6.45) is 6.55. The molecule has 1 aliphatic heterocycles. The Morgan fingerprint density at radius 2 is 2.00 bits per heavy atom. The first-order valence-electron chi connectivity index (χ1n) is 9.72. The van der Waals surface area contributed by atoms with Gasteiger partial charge in [-0.15, -0.1) is 17.5 Å². The smallest absolute Gasteiger partial charge is 0.273 e. The first-order valence-corrected chi connectivity index (χ1v) is 9.72. The number of rotatable bonds is 6. The zero-order valence-corrected chi connectivity index (χ0v) is 17.2. The molecular formula is C20H26ClN7O. The fraction of sp³-hybridized carbons (Fsp3) is 0.400. The molecule has 29 heavy (non-hydrogen) atoms. The molecule has 0 spiro atoms. The second-order valence-electron chi connectivity index (χ2n) is 7.08. The molecule has 154 valence electrons. The normalized spacial score (nSPS) is 14.4. The second kappa shape index (κ2) is 9.67. The van der Waals surface area contributed by atoms with Crippen LogP contribution < -0.4 is 10.6 Å². The van der Waals surface area contributed by atoms with Crippen molar-refractivity contribution in [1.29, 1.82) is 0 Å². The van der Waals surface area contributed by atoms with E-state index >= 15 is 0 Å². The summed E-state index contributed by atoms with van der Waals surface area (Å²) in [6.45, 7) is 4.39. The van der Waals surface area contributed by atoms with Crippen LogP contribution in [0.15, 0.2) is 42.7 Å². The van der Waals surface area contributed by atoms with E-state index in [1.165, 1.54) is 0 Å². The lowest BCUT2D eigenvalue weighted by molar-refractivity contribution is 0.0948. The number of hydrogen-bond acceptors (Lipinski definition) is 5. The zero-order valence-electron chi connectivity index (χ0n) is 16.4. The van der Waals surface area contributed by atoms with Crippen LogP contribution in [0.4, 0.5) is 0 Å². The van der Waals surface area contributed by atoms with Gasteiger partial charge in [-0.25, -0.2) is 9.36 Å². The Morgan fingerprint density at radius 3 is 2.76 bits per heavy atom. The molecule has 1 saturated heterocycles. The molecule has 9 heteroatoms. The fourth-order valence-corrected chi connectivity index (χ4v) is 3.56. The number of benzene rings is 1. The van der Waals surface area contributed by atoms with Gasteiger partial charge in [0.2, 0.25) is 0 Å². The van der Waals surface area contributed by atoms with E-state index in [9.17, 15) is 4.79 Å². The van der Waals surface area contributed by atoms with Gasteiger partial charge in [-0.05, 0) is 57.0 Å². The average molecular weight is 416 g/mol. The summed E-state index contributed by atoms with van der Waals surface area (Å²) in [5, 5.41) is 19.0. The van der Waals surface area contributed by atoms with Gasteiger partial charge in [0.15, 0.2) is 5.69 Å². The first-order chi connectivity index (χ1) is 13.7. The molecule has 0 unspecified atom stereocenters. The highest BCUT2D eigenvalue weighted by molar-refractivity contribution is 5.93. The van der Waals surface area contributed by atoms with Gasteiger partial charge in [0.05, 0.1) is 23.6 Å². The second-order valence-corrected chi connectivity index (χ2v) is 7.08. The highest BCUT2D eigenvalue weighted by Gasteiger charge is 2.22. The molecule has 0 radical (unpaired) electrons. The summed E-state index contributed by atoms with van der Waals surface area (Å²) in [4.78, 5) is 12.5. The lowest BCUT2D eigenvalue weighted by Gasteiger charge is -2.23. The van der Waals surface area contributed by atoms with Crippen LogP contribution >= 0.6 is 12.4 Å². The van der Waals surface area contributed by atoms with Crippen molar-refractivity contribution in [3.63, 3.8) is 0 Å². The fourth-order valence-electron chi connectivity index (χ4n) is 3.56. The van der Waals surface area contributed by atoms with E-state index in [2.05, 4.69) is 26.0 Å². The van der Waals surface area contributed by atoms with Gasteiger partial charge in [0, 0.05) is 12.7 Å². The molecule has 0 aliphatic carbocycles. The summed E-state index contributed by atoms with van der Waals surface area (Å²) in [5.41, 5.74) is 3.34. The lowest BCUT2D eigenvalue weighted by Crippen LogP contribution is -2.30. The SMILES string of the molecule is Cc1c(C(=O)NCCc2cnn(-c3ccccc3)c2)nnn1C1CCNCC1.Cl. The number of hydrogen-bond donors (Lipinski definition) is 2. The molecule has 1 aliphatic rings. The van der Waals surface area contributed by atoms with E-state index in [-0.39, 0.29) is 18.3 Å². The summed E-state index contributed by atoms with van der Waals surface area (Å²) in [6, 6.07) is 10.3. The van der Waals surface area contributed by atoms with Crippen LogP contribution in [-0.2, 0) is 6.42 Å². The minimum Gasteiger partial charge on any atom is -0.350 e. The summed E-state index contributed by atoms with van der Waals surface area (Å²) in [7, 11) is 0. The number of nitrogens with one attached hydrogen (secondary N) is 2. The van der Waals surface area contributed by atoms with Gasteiger partial charge in [-0.3, -0.25) is 4.79 Å². The van der Waals surface area contributed by atoms with E-state index in [0.717, 1.165) is 42.9 Å². The molecule has 1 aromatic carbocycles. The van der Waals surface area contributed by atoms with E-state index in [0.29, 0.717) is 24.7 Å². The maximum Gasteiger partial charge on any atom is 0.273 e. The number of halogens is 1. The predicted molar refractivity (Wildman–Crippen MR) is 113 cm³/mol.